The SMILES string of the molecule is COC(=O)CCC(=O)Cc1cncc(OC(C)C)c1. The zero-order chi connectivity index (χ0) is 14.3. The van der Waals surface area contributed by atoms with Crippen molar-refractivity contribution in [3.63, 3.8) is 0 Å². The van der Waals surface area contributed by atoms with Crippen molar-refractivity contribution in [2.45, 2.75) is 39.2 Å². The summed E-state index contributed by atoms with van der Waals surface area (Å²) in [5.74, 6) is 0.255. The van der Waals surface area contributed by atoms with E-state index in [1.807, 2.05) is 13.8 Å². The molecule has 0 saturated heterocycles. The third-order valence-corrected chi connectivity index (χ3v) is 2.38. The van der Waals surface area contributed by atoms with Gasteiger partial charge in [0.1, 0.15) is 11.5 Å². The van der Waals surface area contributed by atoms with E-state index >= 15 is 0 Å². The van der Waals surface area contributed by atoms with Crippen LogP contribution in [0.3, 0.4) is 0 Å². The maximum absolute atomic E-state index is 11.7. The molecule has 0 aliphatic carbocycles. The lowest BCUT2D eigenvalue weighted by atomic mass is 10.1. The zero-order valence-corrected chi connectivity index (χ0v) is 11.5. The monoisotopic (exact) mass is 265 g/mol. The first kappa shape index (κ1) is 15.1. The van der Waals surface area contributed by atoms with Gasteiger partial charge in [-0.2, -0.15) is 0 Å². The van der Waals surface area contributed by atoms with Crippen LogP contribution in [0.4, 0.5) is 0 Å². The lowest BCUT2D eigenvalue weighted by Crippen LogP contribution is -2.09. The van der Waals surface area contributed by atoms with Crippen molar-refractivity contribution in [1.82, 2.24) is 4.98 Å². The highest BCUT2D eigenvalue weighted by molar-refractivity contribution is 5.84. The number of hydrogen-bond acceptors (Lipinski definition) is 5. The number of carbonyl (C=O) groups excluding carboxylic acids is 2. The molecule has 0 atom stereocenters. The molecule has 1 aromatic rings. The van der Waals surface area contributed by atoms with Crippen molar-refractivity contribution in [1.29, 1.82) is 0 Å². The standard InChI is InChI=1S/C14H19NO4/c1-10(2)19-13-7-11(8-15-9-13)6-12(16)4-5-14(17)18-3/h7-10H,4-6H2,1-3H3. The Bertz CT molecular complexity index is 443. The van der Waals surface area contributed by atoms with E-state index in [0.717, 1.165) is 5.56 Å². The van der Waals surface area contributed by atoms with Crippen LogP contribution >= 0.6 is 0 Å². The van der Waals surface area contributed by atoms with Crippen LogP contribution in [0.15, 0.2) is 18.5 Å². The van der Waals surface area contributed by atoms with Crippen LogP contribution in [0.2, 0.25) is 0 Å². The first-order chi connectivity index (χ1) is 9.01. The molecule has 1 aromatic heterocycles. The van der Waals surface area contributed by atoms with Gasteiger partial charge in [0.25, 0.3) is 0 Å². The van der Waals surface area contributed by atoms with Crippen molar-refractivity contribution >= 4 is 11.8 Å². The number of methoxy groups -OCH3 is 1. The Balaban J connectivity index is 2.52. The summed E-state index contributed by atoms with van der Waals surface area (Å²) < 4.78 is 9.99. The van der Waals surface area contributed by atoms with Crippen molar-refractivity contribution in [2.75, 3.05) is 7.11 Å². The molecule has 5 nitrogen and oxygen atoms in total. The molecule has 0 aliphatic heterocycles. The molecule has 0 aliphatic rings. The second-order valence-electron chi connectivity index (χ2n) is 4.49. The highest BCUT2D eigenvalue weighted by atomic mass is 16.5. The number of aromatic nitrogens is 1. The van der Waals surface area contributed by atoms with Gasteiger partial charge in [0.15, 0.2) is 0 Å². The molecule has 0 spiro atoms. The second-order valence-corrected chi connectivity index (χ2v) is 4.49. The van der Waals surface area contributed by atoms with Gasteiger partial charge in [-0.3, -0.25) is 14.6 Å². The molecule has 0 saturated carbocycles. The highest BCUT2D eigenvalue weighted by Crippen LogP contribution is 2.14. The third-order valence-electron chi connectivity index (χ3n) is 2.38. The minimum Gasteiger partial charge on any atom is -0.489 e. The second kappa shape index (κ2) is 7.51. The number of hydrogen-bond donors (Lipinski definition) is 0. The summed E-state index contributed by atoms with van der Waals surface area (Å²) >= 11 is 0. The molecule has 19 heavy (non-hydrogen) atoms. The Kier molecular flexibility index (Phi) is 5.99. The fraction of sp³-hybridized carbons (Fsp3) is 0.500. The topological polar surface area (TPSA) is 65.5 Å². The summed E-state index contributed by atoms with van der Waals surface area (Å²) in [6.07, 6.45) is 3.85. The third kappa shape index (κ3) is 5.99. The van der Waals surface area contributed by atoms with Crippen molar-refractivity contribution in [3.8, 4) is 5.75 Å². The molecular weight excluding hydrogens is 246 g/mol. The maximum atomic E-state index is 11.7. The largest absolute Gasteiger partial charge is 0.489 e. The van der Waals surface area contributed by atoms with Crippen molar-refractivity contribution in [2.24, 2.45) is 0 Å². The molecular formula is C14H19NO4. The summed E-state index contributed by atoms with van der Waals surface area (Å²) in [5, 5.41) is 0. The Labute approximate surface area is 112 Å². The average Bonchev–Trinajstić information content (AvgIpc) is 2.35. The number of Topliss-reactive ketones (excluding diaryl/α,β-unsaturated/α-hetero) is 1. The Hall–Kier alpha value is -1.91. The van der Waals surface area contributed by atoms with Crippen LogP contribution in [0, 0.1) is 0 Å². The smallest absolute Gasteiger partial charge is 0.305 e. The highest BCUT2D eigenvalue weighted by Gasteiger charge is 2.09. The molecule has 0 aromatic carbocycles. The fourth-order valence-corrected chi connectivity index (χ4v) is 1.56. The fourth-order valence-electron chi connectivity index (χ4n) is 1.56. The molecule has 0 amide bonds. The lowest BCUT2D eigenvalue weighted by Gasteiger charge is -2.10. The van der Waals surface area contributed by atoms with Gasteiger partial charge in [0.2, 0.25) is 0 Å². The van der Waals surface area contributed by atoms with E-state index in [9.17, 15) is 9.59 Å². The lowest BCUT2D eigenvalue weighted by molar-refractivity contribution is -0.141. The van der Waals surface area contributed by atoms with Gasteiger partial charge in [-0.25, -0.2) is 0 Å². The molecule has 0 radical (unpaired) electrons. The number of ketones is 1. The van der Waals surface area contributed by atoms with Crippen LogP contribution in [0.5, 0.6) is 5.75 Å². The van der Waals surface area contributed by atoms with Gasteiger partial charge in [0, 0.05) is 19.0 Å². The Morgan fingerprint density at radius 3 is 2.63 bits per heavy atom. The maximum Gasteiger partial charge on any atom is 0.305 e. The van der Waals surface area contributed by atoms with Crippen LogP contribution in [0.25, 0.3) is 0 Å². The Morgan fingerprint density at radius 2 is 2.00 bits per heavy atom. The van der Waals surface area contributed by atoms with Crippen LogP contribution in [-0.4, -0.2) is 30.0 Å². The molecule has 104 valence electrons. The van der Waals surface area contributed by atoms with Gasteiger partial charge in [-0.05, 0) is 25.5 Å². The quantitative estimate of drug-likeness (QED) is 0.705. The van der Waals surface area contributed by atoms with Gasteiger partial charge < -0.3 is 9.47 Å². The van der Waals surface area contributed by atoms with Crippen molar-refractivity contribution in [3.05, 3.63) is 24.0 Å². The van der Waals surface area contributed by atoms with E-state index in [0.29, 0.717) is 5.75 Å². The minimum atomic E-state index is -0.372. The number of esters is 1. The average molecular weight is 265 g/mol. The molecule has 0 bridgehead atoms. The van der Waals surface area contributed by atoms with Crippen LogP contribution in [-0.2, 0) is 20.7 Å². The normalized spacial score (nSPS) is 10.3. The van der Waals surface area contributed by atoms with E-state index in [-0.39, 0.29) is 37.1 Å². The summed E-state index contributed by atoms with van der Waals surface area (Å²) in [7, 11) is 1.31. The van der Waals surface area contributed by atoms with E-state index in [4.69, 9.17) is 4.74 Å². The molecule has 1 heterocycles. The van der Waals surface area contributed by atoms with Gasteiger partial charge >= 0.3 is 5.97 Å². The van der Waals surface area contributed by atoms with Gasteiger partial charge in [-0.15, -0.1) is 0 Å². The van der Waals surface area contributed by atoms with E-state index in [2.05, 4.69) is 9.72 Å². The van der Waals surface area contributed by atoms with E-state index in [1.54, 1.807) is 18.5 Å². The molecule has 0 fully saturated rings. The zero-order valence-electron chi connectivity index (χ0n) is 11.5. The van der Waals surface area contributed by atoms with E-state index < -0.39 is 0 Å². The van der Waals surface area contributed by atoms with Crippen molar-refractivity contribution < 1.29 is 19.1 Å². The minimum absolute atomic E-state index is 0.0195. The number of rotatable bonds is 7. The number of carbonyl (C=O) groups is 2. The summed E-state index contributed by atoms with van der Waals surface area (Å²) in [4.78, 5) is 26.7. The molecule has 1 rings (SSSR count). The molecule has 0 unspecified atom stereocenters. The predicted molar refractivity (Wildman–Crippen MR) is 70.0 cm³/mol. The first-order valence-corrected chi connectivity index (χ1v) is 6.20. The number of nitrogens with zero attached hydrogens (tertiary/aromatic N) is 1. The number of ether oxygens (including phenoxy) is 2. The molecule has 5 heteroatoms. The van der Waals surface area contributed by atoms with Crippen LogP contribution < -0.4 is 4.74 Å². The summed E-state index contributed by atoms with van der Waals surface area (Å²) in [6.45, 7) is 3.85. The first-order valence-electron chi connectivity index (χ1n) is 6.20. The Morgan fingerprint density at radius 1 is 1.26 bits per heavy atom. The van der Waals surface area contributed by atoms with Gasteiger partial charge in [0.05, 0.1) is 25.8 Å². The predicted octanol–water partition coefficient (Wildman–Crippen LogP) is 1.93. The molecule has 0 N–H and O–H groups in total. The summed E-state index contributed by atoms with van der Waals surface area (Å²) in [6, 6.07) is 1.79. The van der Waals surface area contributed by atoms with E-state index in [1.165, 1.54) is 7.11 Å². The van der Waals surface area contributed by atoms with Crippen LogP contribution in [0.1, 0.15) is 32.3 Å². The van der Waals surface area contributed by atoms with Gasteiger partial charge in [-0.1, -0.05) is 0 Å². The summed E-state index contributed by atoms with van der Waals surface area (Å²) in [5.41, 5.74) is 0.785. The number of pyridine rings is 1.